The van der Waals surface area contributed by atoms with Crippen LogP contribution in [-0.4, -0.2) is 26.5 Å². The SMILES string of the molecule is CC(C)(C)COc1cccc(-c2cc(CO)nn2-c2cccc3cccnc23)c1. The van der Waals surface area contributed by atoms with Gasteiger partial charge < -0.3 is 9.84 Å². The normalized spacial score (nSPS) is 11.7. The molecule has 0 saturated heterocycles. The number of fused-ring (bicyclic) bond motifs is 1. The number of aliphatic hydroxyl groups excluding tert-OH is 1. The van der Waals surface area contributed by atoms with Crippen molar-refractivity contribution in [1.29, 1.82) is 0 Å². The minimum atomic E-state index is -0.127. The Morgan fingerprint density at radius 1 is 1.00 bits per heavy atom. The third-order valence-corrected chi connectivity index (χ3v) is 4.56. The molecule has 4 aromatic rings. The highest BCUT2D eigenvalue weighted by molar-refractivity contribution is 5.87. The van der Waals surface area contributed by atoms with Gasteiger partial charge in [0, 0.05) is 17.1 Å². The standard InChI is InChI=1S/C24H25N3O2/c1-24(2,3)16-29-20-10-4-8-18(13-20)22-14-19(15-28)26-27(22)21-11-5-7-17-9-6-12-25-23(17)21/h4-14,28H,15-16H2,1-3H3. The van der Waals surface area contributed by atoms with Gasteiger partial charge in [0.05, 0.1) is 35.8 Å². The van der Waals surface area contributed by atoms with Crippen molar-refractivity contribution in [2.24, 2.45) is 5.41 Å². The van der Waals surface area contributed by atoms with Crippen LogP contribution < -0.4 is 4.74 Å². The summed E-state index contributed by atoms with van der Waals surface area (Å²) < 4.78 is 7.84. The maximum Gasteiger partial charge on any atom is 0.119 e. The highest BCUT2D eigenvalue weighted by atomic mass is 16.5. The van der Waals surface area contributed by atoms with Gasteiger partial charge in [-0.15, -0.1) is 0 Å². The molecule has 2 aromatic heterocycles. The molecule has 0 amide bonds. The first-order valence-corrected chi connectivity index (χ1v) is 9.72. The Hall–Kier alpha value is -3.18. The quantitative estimate of drug-likeness (QED) is 0.523. The molecule has 148 valence electrons. The number of hydrogen-bond donors (Lipinski definition) is 1. The van der Waals surface area contributed by atoms with E-state index in [1.807, 2.05) is 65.3 Å². The Morgan fingerprint density at radius 2 is 1.79 bits per heavy atom. The number of ether oxygens (including phenoxy) is 1. The van der Waals surface area contributed by atoms with E-state index in [-0.39, 0.29) is 12.0 Å². The molecule has 2 aromatic carbocycles. The van der Waals surface area contributed by atoms with Crippen molar-refractivity contribution >= 4 is 10.9 Å². The molecule has 0 bridgehead atoms. The second kappa shape index (κ2) is 7.68. The van der Waals surface area contributed by atoms with Crippen LogP contribution in [-0.2, 0) is 6.61 Å². The molecule has 29 heavy (non-hydrogen) atoms. The van der Waals surface area contributed by atoms with Gasteiger partial charge in [-0.2, -0.15) is 5.10 Å². The van der Waals surface area contributed by atoms with Gasteiger partial charge in [-0.05, 0) is 35.7 Å². The molecular weight excluding hydrogens is 362 g/mol. The van der Waals surface area contributed by atoms with Gasteiger partial charge in [0.25, 0.3) is 0 Å². The van der Waals surface area contributed by atoms with E-state index in [4.69, 9.17) is 4.74 Å². The average Bonchev–Trinajstić information content (AvgIpc) is 3.16. The predicted octanol–water partition coefficient (Wildman–Crippen LogP) is 5.00. The molecule has 0 fully saturated rings. The first kappa shape index (κ1) is 19.2. The van der Waals surface area contributed by atoms with Crippen LogP contribution in [0.3, 0.4) is 0 Å². The van der Waals surface area contributed by atoms with Crippen LogP contribution in [0, 0.1) is 5.41 Å². The summed E-state index contributed by atoms with van der Waals surface area (Å²) in [6, 6.07) is 19.9. The lowest BCUT2D eigenvalue weighted by atomic mass is 9.99. The van der Waals surface area contributed by atoms with E-state index in [2.05, 4.69) is 30.9 Å². The fourth-order valence-electron chi connectivity index (χ4n) is 3.20. The van der Waals surface area contributed by atoms with Gasteiger partial charge in [0.1, 0.15) is 5.75 Å². The predicted molar refractivity (Wildman–Crippen MR) is 115 cm³/mol. The fourth-order valence-corrected chi connectivity index (χ4v) is 3.20. The molecule has 0 radical (unpaired) electrons. The van der Waals surface area contributed by atoms with Crippen molar-refractivity contribution in [3.05, 3.63) is 72.6 Å². The topological polar surface area (TPSA) is 60.2 Å². The molecule has 1 N–H and O–H groups in total. The Labute approximate surface area is 170 Å². The molecule has 2 heterocycles. The zero-order valence-electron chi connectivity index (χ0n) is 17.0. The maximum atomic E-state index is 9.69. The zero-order chi connectivity index (χ0) is 20.4. The highest BCUT2D eigenvalue weighted by Crippen LogP contribution is 2.30. The summed E-state index contributed by atoms with van der Waals surface area (Å²) in [5.41, 5.74) is 4.28. The number of benzene rings is 2. The minimum absolute atomic E-state index is 0.0798. The molecule has 5 heteroatoms. The lowest BCUT2D eigenvalue weighted by Crippen LogP contribution is -2.16. The molecule has 0 aliphatic rings. The van der Waals surface area contributed by atoms with E-state index in [0.717, 1.165) is 33.6 Å². The summed E-state index contributed by atoms with van der Waals surface area (Å²) in [7, 11) is 0. The third-order valence-electron chi connectivity index (χ3n) is 4.56. The summed E-state index contributed by atoms with van der Waals surface area (Å²) in [5.74, 6) is 0.812. The fraction of sp³-hybridized carbons (Fsp3) is 0.250. The maximum absolute atomic E-state index is 9.69. The lowest BCUT2D eigenvalue weighted by molar-refractivity contribution is 0.198. The second-order valence-corrected chi connectivity index (χ2v) is 8.32. The number of aliphatic hydroxyl groups is 1. The molecule has 0 atom stereocenters. The molecule has 0 spiro atoms. The van der Waals surface area contributed by atoms with E-state index < -0.39 is 0 Å². The summed E-state index contributed by atoms with van der Waals surface area (Å²) in [5, 5.41) is 15.4. The van der Waals surface area contributed by atoms with Crippen molar-refractivity contribution in [3.63, 3.8) is 0 Å². The first-order valence-electron chi connectivity index (χ1n) is 9.72. The van der Waals surface area contributed by atoms with Crippen LogP contribution in [0.5, 0.6) is 5.75 Å². The third kappa shape index (κ3) is 4.15. The van der Waals surface area contributed by atoms with Crippen LogP contribution in [0.2, 0.25) is 0 Å². The van der Waals surface area contributed by atoms with Crippen molar-refractivity contribution in [1.82, 2.24) is 14.8 Å². The lowest BCUT2D eigenvalue weighted by Gasteiger charge is -2.19. The summed E-state index contributed by atoms with van der Waals surface area (Å²) >= 11 is 0. The van der Waals surface area contributed by atoms with Gasteiger partial charge in [-0.25, -0.2) is 4.68 Å². The highest BCUT2D eigenvalue weighted by Gasteiger charge is 2.16. The first-order chi connectivity index (χ1) is 13.9. The molecule has 0 aliphatic heterocycles. The molecular formula is C24H25N3O2. The number of para-hydroxylation sites is 1. The van der Waals surface area contributed by atoms with Crippen molar-refractivity contribution in [2.45, 2.75) is 27.4 Å². The zero-order valence-corrected chi connectivity index (χ0v) is 17.0. The average molecular weight is 387 g/mol. The second-order valence-electron chi connectivity index (χ2n) is 8.32. The molecule has 5 nitrogen and oxygen atoms in total. The van der Waals surface area contributed by atoms with Crippen LogP contribution >= 0.6 is 0 Å². The minimum Gasteiger partial charge on any atom is -0.493 e. The summed E-state index contributed by atoms with van der Waals surface area (Å²) in [6.07, 6.45) is 1.78. The van der Waals surface area contributed by atoms with Gasteiger partial charge >= 0.3 is 0 Å². The number of nitrogens with zero attached hydrogens (tertiary/aromatic N) is 3. The largest absolute Gasteiger partial charge is 0.493 e. The van der Waals surface area contributed by atoms with E-state index in [1.54, 1.807) is 6.20 Å². The summed E-state index contributed by atoms with van der Waals surface area (Å²) in [6.45, 7) is 6.94. The van der Waals surface area contributed by atoms with Crippen LogP contribution in [0.15, 0.2) is 66.9 Å². The molecule has 0 aliphatic carbocycles. The summed E-state index contributed by atoms with van der Waals surface area (Å²) in [4.78, 5) is 4.55. The smallest absolute Gasteiger partial charge is 0.119 e. The monoisotopic (exact) mass is 387 g/mol. The number of aromatic nitrogens is 3. The molecule has 4 rings (SSSR count). The van der Waals surface area contributed by atoms with Crippen molar-refractivity contribution in [3.8, 4) is 22.7 Å². The van der Waals surface area contributed by atoms with E-state index in [0.29, 0.717) is 12.3 Å². The van der Waals surface area contributed by atoms with Gasteiger partial charge in [0.2, 0.25) is 0 Å². The van der Waals surface area contributed by atoms with Crippen LogP contribution in [0.25, 0.3) is 27.8 Å². The van der Waals surface area contributed by atoms with Gasteiger partial charge in [-0.1, -0.05) is 51.1 Å². The number of rotatable bonds is 5. The van der Waals surface area contributed by atoms with Crippen molar-refractivity contribution in [2.75, 3.05) is 6.61 Å². The van der Waals surface area contributed by atoms with Crippen LogP contribution in [0.1, 0.15) is 26.5 Å². The number of hydrogen-bond acceptors (Lipinski definition) is 4. The molecule has 0 unspecified atom stereocenters. The number of pyridine rings is 1. The van der Waals surface area contributed by atoms with Crippen molar-refractivity contribution < 1.29 is 9.84 Å². The Morgan fingerprint density at radius 3 is 2.59 bits per heavy atom. The Kier molecular flexibility index (Phi) is 5.07. The Balaban J connectivity index is 1.81. The Bertz CT molecular complexity index is 1140. The van der Waals surface area contributed by atoms with Crippen LogP contribution in [0.4, 0.5) is 0 Å². The van der Waals surface area contributed by atoms with Gasteiger partial charge in [-0.3, -0.25) is 4.98 Å². The molecule has 0 saturated carbocycles. The van der Waals surface area contributed by atoms with Gasteiger partial charge in [0.15, 0.2) is 0 Å². The van der Waals surface area contributed by atoms with E-state index in [9.17, 15) is 5.11 Å². The van der Waals surface area contributed by atoms with E-state index in [1.165, 1.54) is 0 Å². The van der Waals surface area contributed by atoms with E-state index >= 15 is 0 Å².